The first kappa shape index (κ1) is 18.9. The zero-order valence-electron chi connectivity index (χ0n) is 16.3. The smallest absolute Gasteiger partial charge is 0.258 e. The van der Waals surface area contributed by atoms with Gasteiger partial charge >= 0.3 is 0 Å². The molecule has 0 bridgehead atoms. The molecular weight excluding hydrogens is 354 g/mol. The maximum Gasteiger partial charge on any atom is 0.258 e. The van der Waals surface area contributed by atoms with Crippen LogP contribution in [0.3, 0.4) is 0 Å². The highest BCUT2D eigenvalue weighted by molar-refractivity contribution is 5.82. The van der Waals surface area contributed by atoms with E-state index in [0.717, 1.165) is 11.3 Å². The van der Waals surface area contributed by atoms with Crippen LogP contribution in [0.5, 0.6) is 0 Å². The summed E-state index contributed by atoms with van der Waals surface area (Å²) in [7, 11) is 0. The third-order valence-electron chi connectivity index (χ3n) is 6.26. The van der Waals surface area contributed by atoms with E-state index < -0.39 is 0 Å². The molecule has 6 nitrogen and oxygen atoms in total. The minimum absolute atomic E-state index is 0.000373. The lowest BCUT2D eigenvalue weighted by Gasteiger charge is -2.29. The number of hydrogen-bond acceptors (Lipinski definition) is 4. The number of likely N-dealkylation sites (tertiary alicyclic amines) is 1. The van der Waals surface area contributed by atoms with E-state index in [1.807, 2.05) is 60.9 Å². The first-order valence-electron chi connectivity index (χ1n) is 10.1. The molecule has 1 aromatic carbocycles. The van der Waals surface area contributed by atoms with Crippen LogP contribution in [-0.4, -0.2) is 46.2 Å². The van der Waals surface area contributed by atoms with Crippen LogP contribution in [-0.2, 0) is 11.3 Å². The van der Waals surface area contributed by atoms with E-state index >= 15 is 0 Å². The molecule has 2 aromatic rings. The molecule has 0 aliphatic carbocycles. The van der Waals surface area contributed by atoms with E-state index in [-0.39, 0.29) is 42.0 Å². The van der Waals surface area contributed by atoms with Gasteiger partial charge in [-0.2, -0.15) is 0 Å². The molecule has 0 unspecified atom stereocenters. The Morgan fingerprint density at radius 3 is 2.57 bits per heavy atom. The first-order chi connectivity index (χ1) is 13.6. The quantitative estimate of drug-likeness (QED) is 0.826. The van der Waals surface area contributed by atoms with Crippen molar-refractivity contribution >= 4 is 5.91 Å². The molecular formula is C22H27N3O3. The fraction of sp³-hybridized carbons (Fsp3) is 0.455. The number of amides is 1. The fourth-order valence-corrected chi connectivity index (χ4v) is 5.10. The van der Waals surface area contributed by atoms with E-state index in [4.69, 9.17) is 0 Å². The van der Waals surface area contributed by atoms with Gasteiger partial charge in [0.15, 0.2) is 0 Å². The Morgan fingerprint density at radius 2 is 1.93 bits per heavy atom. The summed E-state index contributed by atoms with van der Waals surface area (Å²) in [5.74, 6) is -0.167. The number of carbonyl (C=O) groups excluding carboxylic acids is 1. The minimum Gasteiger partial charge on any atom is -0.396 e. The molecule has 1 saturated heterocycles. The van der Waals surface area contributed by atoms with Gasteiger partial charge in [0.05, 0.1) is 12.1 Å². The van der Waals surface area contributed by atoms with Crippen molar-refractivity contribution in [3.63, 3.8) is 0 Å². The maximum atomic E-state index is 13.2. The van der Waals surface area contributed by atoms with E-state index in [0.29, 0.717) is 25.2 Å². The van der Waals surface area contributed by atoms with Gasteiger partial charge in [-0.1, -0.05) is 37.3 Å². The topological polar surface area (TPSA) is 74.6 Å². The van der Waals surface area contributed by atoms with Crippen LogP contribution in [0.25, 0.3) is 11.1 Å². The molecule has 0 spiro atoms. The molecule has 6 heteroatoms. The number of benzene rings is 1. The van der Waals surface area contributed by atoms with Gasteiger partial charge < -0.3 is 15.0 Å². The van der Waals surface area contributed by atoms with Crippen molar-refractivity contribution in [3.8, 4) is 11.1 Å². The second-order valence-electron chi connectivity index (χ2n) is 7.58. The summed E-state index contributed by atoms with van der Waals surface area (Å²) in [4.78, 5) is 28.1. The summed E-state index contributed by atoms with van der Waals surface area (Å²) >= 11 is 0. The van der Waals surface area contributed by atoms with Crippen molar-refractivity contribution in [1.82, 2.24) is 14.8 Å². The third-order valence-corrected chi connectivity index (χ3v) is 6.26. The summed E-state index contributed by atoms with van der Waals surface area (Å²) in [6, 6.07) is 13.2. The van der Waals surface area contributed by atoms with Crippen molar-refractivity contribution in [2.45, 2.75) is 32.5 Å². The average molecular weight is 381 g/mol. The summed E-state index contributed by atoms with van der Waals surface area (Å²) in [5.41, 5.74) is 2.54. The molecule has 4 rings (SSSR count). The highest BCUT2D eigenvalue weighted by atomic mass is 16.3. The van der Waals surface area contributed by atoms with Crippen LogP contribution in [0.4, 0.5) is 0 Å². The van der Waals surface area contributed by atoms with E-state index in [2.05, 4.69) is 10.2 Å². The zero-order valence-corrected chi connectivity index (χ0v) is 16.3. The Morgan fingerprint density at radius 1 is 1.18 bits per heavy atom. The number of aliphatic hydroxyl groups excluding tert-OH is 1. The van der Waals surface area contributed by atoms with Gasteiger partial charge in [-0.25, -0.2) is 0 Å². The monoisotopic (exact) mass is 381 g/mol. The molecule has 2 N–H and O–H groups in total. The molecule has 2 aliphatic heterocycles. The number of pyridine rings is 1. The Kier molecular flexibility index (Phi) is 5.08. The van der Waals surface area contributed by atoms with Crippen LogP contribution in [0.15, 0.2) is 47.3 Å². The van der Waals surface area contributed by atoms with E-state index in [9.17, 15) is 14.7 Å². The van der Waals surface area contributed by atoms with Crippen LogP contribution < -0.4 is 10.9 Å². The van der Waals surface area contributed by atoms with Crippen LogP contribution in [0.1, 0.15) is 25.6 Å². The summed E-state index contributed by atoms with van der Waals surface area (Å²) in [6.45, 7) is 5.66. The van der Waals surface area contributed by atoms with Crippen LogP contribution >= 0.6 is 0 Å². The minimum atomic E-state index is -0.359. The largest absolute Gasteiger partial charge is 0.396 e. The average Bonchev–Trinajstić information content (AvgIpc) is 3.23. The molecule has 1 fully saturated rings. The van der Waals surface area contributed by atoms with Gasteiger partial charge in [0.25, 0.3) is 5.56 Å². The van der Waals surface area contributed by atoms with Crippen LogP contribution in [0, 0.1) is 11.8 Å². The molecule has 28 heavy (non-hydrogen) atoms. The summed E-state index contributed by atoms with van der Waals surface area (Å²) in [5, 5.41) is 13.0. The number of aliphatic hydroxyl groups is 1. The number of nitrogens with one attached hydrogen (secondary N) is 1. The van der Waals surface area contributed by atoms with Gasteiger partial charge in [-0.3, -0.25) is 14.5 Å². The lowest BCUT2D eigenvalue weighted by molar-refractivity contribution is -0.127. The molecule has 148 valence electrons. The van der Waals surface area contributed by atoms with Crippen molar-refractivity contribution in [3.05, 3.63) is 58.5 Å². The number of likely N-dealkylation sites (N-methyl/N-ethyl adjacent to an activating group) is 2. The van der Waals surface area contributed by atoms with Gasteiger partial charge in [0, 0.05) is 42.8 Å². The molecule has 3 heterocycles. The Labute approximate surface area is 164 Å². The SMILES string of the molecule is CCNC(=O)[C@@H]1[C@@H](CO)[C@@H]2Cn3c(ccc(-c4ccccc4)c3=O)[C@@H]2N1CC. The molecule has 1 aromatic heterocycles. The Balaban J connectivity index is 1.76. The summed E-state index contributed by atoms with van der Waals surface area (Å²) in [6.07, 6.45) is 0. The van der Waals surface area contributed by atoms with Crippen molar-refractivity contribution in [2.75, 3.05) is 19.7 Å². The number of fused-ring (bicyclic) bond motifs is 3. The van der Waals surface area contributed by atoms with Gasteiger partial charge in [-0.05, 0) is 31.2 Å². The zero-order chi connectivity index (χ0) is 19.8. The second kappa shape index (κ2) is 7.53. The highest BCUT2D eigenvalue weighted by Crippen LogP contribution is 2.49. The molecule has 2 aliphatic rings. The normalized spacial score (nSPS) is 26.1. The van der Waals surface area contributed by atoms with Gasteiger partial charge in [0.1, 0.15) is 0 Å². The van der Waals surface area contributed by atoms with Crippen LogP contribution in [0.2, 0.25) is 0 Å². The number of aromatic nitrogens is 1. The van der Waals surface area contributed by atoms with E-state index in [1.54, 1.807) is 0 Å². The number of hydrogen-bond donors (Lipinski definition) is 2. The lowest BCUT2D eigenvalue weighted by atomic mass is 9.88. The van der Waals surface area contributed by atoms with Gasteiger partial charge in [0.2, 0.25) is 5.91 Å². The standard InChI is InChI=1S/C22H27N3O3/c1-3-23-21(27)20-17(13-26)16-12-25-18(19(16)24(20)4-2)11-10-15(22(25)28)14-8-6-5-7-9-14/h5-11,16-17,19-20,26H,3-4,12-13H2,1-2H3,(H,23,27)/t16-,17-,19+,20-/m0/s1. The molecule has 0 saturated carbocycles. The third kappa shape index (κ3) is 2.79. The molecule has 1 amide bonds. The van der Waals surface area contributed by atoms with Crippen molar-refractivity contribution in [2.24, 2.45) is 11.8 Å². The second-order valence-corrected chi connectivity index (χ2v) is 7.58. The van der Waals surface area contributed by atoms with Crippen molar-refractivity contribution < 1.29 is 9.90 Å². The number of rotatable bonds is 5. The number of nitrogens with zero attached hydrogens (tertiary/aromatic N) is 2. The van der Waals surface area contributed by atoms with Crippen molar-refractivity contribution in [1.29, 1.82) is 0 Å². The Hall–Kier alpha value is -2.44. The predicted molar refractivity (Wildman–Crippen MR) is 108 cm³/mol. The molecule has 4 atom stereocenters. The fourth-order valence-electron chi connectivity index (χ4n) is 5.10. The number of carbonyl (C=O) groups is 1. The lowest BCUT2D eigenvalue weighted by Crippen LogP contribution is -2.48. The summed E-state index contributed by atoms with van der Waals surface area (Å²) < 4.78 is 1.84. The first-order valence-corrected chi connectivity index (χ1v) is 10.1. The van der Waals surface area contributed by atoms with Gasteiger partial charge in [-0.15, -0.1) is 0 Å². The van der Waals surface area contributed by atoms with E-state index in [1.165, 1.54) is 0 Å². The predicted octanol–water partition coefficient (Wildman–Crippen LogP) is 1.63. The molecule has 0 radical (unpaired) electrons. The Bertz CT molecular complexity index is 924. The maximum absolute atomic E-state index is 13.2. The highest BCUT2D eigenvalue weighted by Gasteiger charge is 2.54.